The van der Waals surface area contributed by atoms with E-state index < -0.39 is 22.0 Å². The van der Waals surface area contributed by atoms with Gasteiger partial charge in [-0.3, -0.25) is 9.78 Å². The SMILES string of the molecule is C#CC[C@H](NS(=O)(=O)c1cccc2cc(C)cnc12)C(=O)OC. The number of nitrogens with zero attached hydrogens (tertiary/aromatic N) is 1. The Morgan fingerprint density at radius 3 is 2.87 bits per heavy atom. The van der Waals surface area contributed by atoms with Crippen LogP contribution < -0.4 is 4.72 Å². The quantitative estimate of drug-likeness (QED) is 0.660. The number of carbonyl (C=O) groups excluding carboxylic acids is 1. The number of aryl methyl sites for hydroxylation is 1. The van der Waals surface area contributed by atoms with E-state index in [9.17, 15) is 13.2 Å². The summed E-state index contributed by atoms with van der Waals surface area (Å²) in [6, 6.07) is 5.51. The fourth-order valence-electron chi connectivity index (χ4n) is 2.14. The smallest absolute Gasteiger partial charge is 0.324 e. The Kier molecular flexibility index (Phi) is 4.98. The lowest BCUT2D eigenvalue weighted by atomic mass is 10.2. The van der Waals surface area contributed by atoms with Crippen molar-refractivity contribution in [3.8, 4) is 12.3 Å². The van der Waals surface area contributed by atoms with Crippen LogP contribution in [0.2, 0.25) is 0 Å². The number of para-hydroxylation sites is 1. The van der Waals surface area contributed by atoms with Crippen molar-refractivity contribution in [3.05, 3.63) is 36.0 Å². The van der Waals surface area contributed by atoms with Gasteiger partial charge in [-0.15, -0.1) is 12.3 Å². The highest BCUT2D eigenvalue weighted by Gasteiger charge is 2.27. The molecule has 0 saturated heterocycles. The summed E-state index contributed by atoms with van der Waals surface area (Å²) in [5, 5.41) is 0.694. The fraction of sp³-hybridized carbons (Fsp3) is 0.250. The average Bonchev–Trinajstić information content (AvgIpc) is 2.52. The summed E-state index contributed by atoms with van der Waals surface area (Å²) in [6.45, 7) is 1.87. The molecule has 2 rings (SSSR count). The van der Waals surface area contributed by atoms with Gasteiger partial charge < -0.3 is 4.74 Å². The van der Waals surface area contributed by atoms with Gasteiger partial charge in [0.25, 0.3) is 0 Å². The molecule has 0 spiro atoms. The van der Waals surface area contributed by atoms with Crippen LogP contribution in [0, 0.1) is 19.3 Å². The number of ether oxygens (including phenoxy) is 1. The van der Waals surface area contributed by atoms with Gasteiger partial charge in [0.2, 0.25) is 10.0 Å². The summed E-state index contributed by atoms with van der Waals surface area (Å²) in [5.74, 6) is 1.52. The van der Waals surface area contributed by atoms with Gasteiger partial charge in [-0.05, 0) is 24.6 Å². The zero-order valence-electron chi connectivity index (χ0n) is 12.7. The van der Waals surface area contributed by atoms with E-state index in [-0.39, 0.29) is 11.3 Å². The highest BCUT2D eigenvalue weighted by molar-refractivity contribution is 7.89. The molecule has 23 heavy (non-hydrogen) atoms. The Morgan fingerprint density at radius 1 is 1.48 bits per heavy atom. The first-order chi connectivity index (χ1) is 10.9. The van der Waals surface area contributed by atoms with E-state index in [1.807, 2.05) is 13.0 Å². The summed E-state index contributed by atoms with van der Waals surface area (Å²) in [5.41, 5.74) is 1.25. The van der Waals surface area contributed by atoms with Crippen LogP contribution >= 0.6 is 0 Å². The normalized spacial score (nSPS) is 12.6. The molecular formula is C16H16N2O4S. The number of hydrogen-bond donors (Lipinski definition) is 1. The minimum absolute atomic E-state index is 0.0130. The van der Waals surface area contributed by atoms with Crippen LogP contribution in [0.3, 0.4) is 0 Å². The maximum Gasteiger partial charge on any atom is 0.324 e. The molecule has 1 heterocycles. The molecule has 0 unspecified atom stereocenters. The molecule has 1 aromatic carbocycles. The van der Waals surface area contributed by atoms with Crippen molar-refractivity contribution in [2.24, 2.45) is 0 Å². The highest BCUT2D eigenvalue weighted by Crippen LogP contribution is 2.22. The molecule has 0 bridgehead atoms. The number of benzene rings is 1. The summed E-state index contributed by atoms with van der Waals surface area (Å²) in [4.78, 5) is 15.8. The molecule has 1 atom stereocenters. The summed E-state index contributed by atoms with van der Waals surface area (Å²) >= 11 is 0. The second-order valence-electron chi connectivity index (χ2n) is 4.95. The minimum atomic E-state index is -3.99. The first-order valence-electron chi connectivity index (χ1n) is 6.78. The topological polar surface area (TPSA) is 85.4 Å². The zero-order valence-corrected chi connectivity index (χ0v) is 13.6. The lowest BCUT2D eigenvalue weighted by molar-refractivity contribution is -0.142. The van der Waals surface area contributed by atoms with Crippen LogP contribution in [-0.2, 0) is 19.6 Å². The summed E-state index contributed by atoms with van der Waals surface area (Å²) in [7, 11) is -2.82. The molecule has 2 aromatic rings. The first kappa shape index (κ1) is 16.9. The molecule has 1 N–H and O–H groups in total. The molecule has 0 aliphatic carbocycles. The van der Waals surface area contributed by atoms with Crippen LogP contribution in [0.5, 0.6) is 0 Å². The number of fused-ring (bicyclic) bond motifs is 1. The van der Waals surface area contributed by atoms with Gasteiger partial charge in [-0.2, -0.15) is 4.72 Å². The Morgan fingerprint density at radius 2 is 2.22 bits per heavy atom. The van der Waals surface area contributed by atoms with E-state index in [1.54, 1.807) is 18.3 Å². The number of pyridine rings is 1. The van der Waals surface area contributed by atoms with Crippen molar-refractivity contribution in [1.82, 2.24) is 9.71 Å². The van der Waals surface area contributed by atoms with Gasteiger partial charge in [-0.25, -0.2) is 8.42 Å². The van der Waals surface area contributed by atoms with Crippen molar-refractivity contribution in [1.29, 1.82) is 0 Å². The number of carbonyl (C=O) groups is 1. The van der Waals surface area contributed by atoms with Gasteiger partial charge in [0.05, 0.1) is 12.6 Å². The second kappa shape index (κ2) is 6.77. The fourth-order valence-corrected chi connectivity index (χ4v) is 3.51. The third kappa shape index (κ3) is 3.67. The average molecular weight is 332 g/mol. The van der Waals surface area contributed by atoms with E-state index >= 15 is 0 Å². The monoisotopic (exact) mass is 332 g/mol. The molecule has 6 nitrogen and oxygen atoms in total. The first-order valence-corrected chi connectivity index (χ1v) is 8.26. The molecule has 1 aromatic heterocycles. The predicted octanol–water partition coefficient (Wildman–Crippen LogP) is 1.39. The van der Waals surface area contributed by atoms with Gasteiger partial charge in [0.15, 0.2) is 0 Å². The van der Waals surface area contributed by atoms with E-state index in [2.05, 4.69) is 20.4 Å². The number of rotatable bonds is 5. The largest absolute Gasteiger partial charge is 0.468 e. The van der Waals surface area contributed by atoms with E-state index in [0.717, 1.165) is 5.56 Å². The zero-order chi connectivity index (χ0) is 17.0. The van der Waals surface area contributed by atoms with Crippen molar-refractivity contribution in [2.45, 2.75) is 24.3 Å². The van der Waals surface area contributed by atoms with Crippen LogP contribution in [-0.4, -0.2) is 32.5 Å². The van der Waals surface area contributed by atoms with Crippen LogP contribution in [0.4, 0.5) is 0 Å². The van der Waals surface area contributed by atoms with E-state index in [4.69, 9.17) is 6.42 Å². The molecular weight excluding hydrogens is 316 g/mol. The molecule has 0 aliphatic heterocycles. The third-order valence-electron chi connectivity index (χ3n) is 3.21. The van der Waals surface area contributed by atoms with Crippen molar-refractivity contribution < 1.29 is 17.9 Å². The number of sulfonamides is 1. The third-order valence-corrected chi connectivity index (χ3v) is 4.71. The van der Waals surface area contributed by atoms with Crippen molar-refractivity contribution in [3.63, 3.8) is 0 Å². The Balaban J connectivity index is 2.47. The summed E-state index contributed by atoms with van der Waals surface area (Å²) < 4.78 is 32.1. The lowest BCUT2D eigenvalue weighted by Crippen LogP contribution is -2.41. The molecule has 7 heteroatoms. The van der Waals surface area contributed by atoms with Crippen molar-refractivity contribution >= 4 is 26.9 Å². The van der Waals surface area contributed by atoms with Crippen LogP contribution in [0.25, 0.3) is 10.9 Å². The van der Waals surface area contributed by atoms with Crippen molar-refractivity contribution in [2.75, 3.05) is 7.11 Å². The molecule has 0 fully saturated rings. The van der Waals surface area contributed by atoms with Gasteiger partial charge >= 0.3 is 5.97 Å². The maximum atomic E-state index is 12.6. The standard InChI is InChI=1S/C16H16N2O4S/c1-4-6-13(16(19)22-3)18-23(20,21)14-8-5-7-12-9-11(2)10-17-15(12)14/h1,5,7-10,13,18H,6H2,2-3H3/t13-/m0/s1. The predicted molar refractivity (Wildman–Crippen MR) is 86.1 cm³/mol. The molecule has 0 amide bonds. The number of hydrogen-bond acceptors (Lipinski definition) is 5. The van der Waals surface area contributed by atoms with Gasteiger partial charge in [-0.1, -0.05) is 12.1 Å². The van der Waals surface area contributed by atoms with E-state index in [0.29, 0.717) is 10.9 Å². The Bertz CT molecular complexity index is 885. The molecule has 120 valence electrons. The lowest BCUT2D eigenvalue weighted by Gasteiger charge is -2.15. The second-order valence-corrected chi connectivity index (χ2v) is 6.63. The highest BCUT2D eigenvalue weighted by atomic mass is 32.2. The van der Waals surface area contributed by atoms with E-state index in [1.165, 1.54) is 13.2 Å². The number of terminal acetylenes is 1. The number of methoxy groups -OCH3 is 1. The molecule has 0 aliphatic rings. The number of aromatic nitrogens is 1. The minimum Gasteiger partial charge on any atom is -0.468 e. The van der Waals surface area contributed by atoms with Gasteiger partial charge in [0.1, 0.15) is 10.9 Å². The van der Waals surface area contributed by atoms with Crippen LogP contribution in [0.15, 0.2) is 35.4 Å². The Labute approximate surface area is 134 Å². The summed E-state index contributed by atoms with van der Waals surface area (Å²) in [6.07, 6.45) is 6.66. The molecule has 0 radical (unpaired) electrons. The van der Waals surface area contributed by atoms with Crippen LogP contribution in [0.1, 0.15) is 12.0 Å². The number of esters is 1. The Hall–Kier alpha value is -2.43. The molecule has 0 saturated carbocycles. The maximum absolute atomic E-state index is 12.6. The number of nitrogens with one attached hydrogen (secondary N) is 1. The van der Waals surface area contributed by atoms with Gasteiger partial charge in [0, 0.05) is 18.0 Å².